The van der Waals surface area contributed by atoms with Crippen LogP contribution in [-0.4, -0.2) is 38.9 Å². The van der Waals surface area contributed by atoms with Crippen molar-refractivity contribution in [1.29, 1.82) is 0 Å². The summed E-state index contributed by atoms with van der Waals surface area (Å²) in [5, 5.41) is 0.995. The van der Waals surface area contributed by atoms with E-state index >= 15 is 0 Å². The molecule has 0 heterocycles. The second-order valence-corrected chi connectivity index (χ2v) is 9.69. The molecule has 3 aromatic carbocycles. The summed E-state index contributed by atoms with van der Waals surface area (Å²) in [6, 6.07) is 20.6. The van der Waals surface area contributed by atoms with E-state index in [9.17, 15) is 13.2 Å². The minimum atomic E-state index is -3.98. The molecular formula is C26H30N2O3S. The number of rotatable bonds is 9. The minimum Gasteiger partial charge on any atom is -0.342 e. The third kappa shape index (κ3) is 4.86. The van der Waals surface area contributed by atoms with E-state index in [4.69, 9.17) is 0 Å². The van der Waals surface area contributed by atoms with Gasteiger partial charge in [0.2, 0.25) is 15.9 Å². The summed E-state index contributed by atoms with van der Waals surface area (Å²) in [4.78, 5) is 14.6. The van der Waals surface area contributed by atoms with Crippen molar-refractivity contribution in [3.63, 3.8) is 0 Å². The Kier molecular flexibility index (Phi) is 7.36. The van der Waals surface area contributed by atoms with Crippen LogP contribution < -0.4 is 4.31 Å². The summed E-state index contributed by atoms with van der Waals surface area (Å²) in [5.74, 6) is -0.236. The van der Waals surface area contributed by atoms with Gasteiger partial charge in [-0.3, -0.25) is 9.10 Å². The highest BCUT2D eigenvalue weighted by Gasteiger charge is 2.34. The van der Waals surface area contributed by atoms with Gasteiger partial charge >= 0.3 is 0 Å². The average molecular weight is 451 g/mol. The van der Waals surface area contributed by atoms with Crippen LogP contribution in [0, 0.1) is 6.92 Å². The maximum atomic E-state index is 13.9. The molecule has 0 aromatic heterocycles. The maximum absolute atomic E-state index is 13.9. The third-order valence-electron chi connectivity index (χ3n) is 5.66. The number of carbonyl (C=O) groups excluding carboxylic acids is 1. The summed E-state index contributed by atoms with van der Waals surface area (Å²) >= 11 is 0. The number of nitrogens with zero attached hydrogens (tertiary/aromatic N) is 2. The molecule has 6 heteroatoms. The maximum Gasteiger partial charge on any atom is 0.246 e. The smallest absolute Gasteiger partial charge is 0.246 e. The predicted molar refractivity (Wildman–Crippen MR) is 132 cm³/mol. The van der Waals surface area contributed by atoms with Gasteiger partial charge in [-0.25, -0.2) is 8.42 Å². The lowest BCUT2D eigenvalue weighted by molar-refractivity contribution is -0.129. The molecule has 0 aliphatic carbocycles. The van der Waals surface area contributed by atoms with Crippen LogP contribution in [0.15, 0.2) is 79.4 Å². The van der Waals surface area contributed by atoms with Crippen LogP contribution in [0.2, 0.25) is 0 Å². The zero-order valence-corrected chi connectivity index (χ0v) is 19.7. The first-order valence-corrected chi connectivity index (χ1v) is 12.3. The van der Waals surface area contributed by atoms with Gasteiger partial charge in [0.05, 0.1) is 5.69 Å². The Balaban J connectivity index is 2.07. The number of fused-ring (bicyclic) bond motifs is 1. The van der Waals surface area contributed by atoms with Crippen LogP contribution in [0.1, 0.15) is 30.2 Å². The molecule has 0 saturated heterocycles. The SMILES string of the molecule is C=CC(c1ccc2ccccc2c1)S(=O)(=O)N(CC(=O)N(CC)CC)c1ccc(C)cc1. The van der Waals surface area contributed by atoms with Crippen molar-refractivity contribution in [1.82, 2.24) is 4.90 Å². The molecule has 1 unspecified atom stereocenters. The topological polar surface area (TPSA) is 57.7 Å². The number of benzene rings is 3. The van der Waals surface area contributed by atoms with Gasteiger partial charge in [-0.1, -0.05) is 60.2 Å². The molecule has 3 rings (SSSR count). The van der Waals surface area contributed by atoms with Crippen molar-refractivity contribution in [2.24, 2.45) is 0 Å². The molecule has 0 aliphatic heterocycles. The van der Waals surface area contributed by atoms with Crippen LogP contribution in [0.25, 0.3) is 10.8 Å². The second-order valence-electron chi connectivity index (χ2n) is 7.72. The van der Waals surface area contributed by atoms with Gasteiger partial charge in [0.1, 0.15) is 11.8 Å². The van der Waals surface area contributed by atoms with E-state index in [0.29, 0.717) is 24.3 Å². The van der Waals surface area contributed by atoms with Gasteiger partial charge in [-0.15, -0.1) is 6.58 Å². The predicted octanol–water partition coefficient (Wildman–Crippen LogP) is 5.08. The first-order valence-electron chi connectivity index (χ1n) is 10.8. The molecule has 0 saturated carbocycles. The van der Waals surface area contributed by atoms with Crippen LogP contribution in [0.3, 0.4) is 0 Å². The molecule has 32 heavy (non-hydrogen) atoms. The zero-order chi connectivity index (χ0) is 23.3. The average Bonchev–Trinajstić information content (AvgIpc) is 2.79. The van der Waals surface area contributed by atoms with Crippen LogP contribution >= 0.6 is 0 Å². The lowest BCUT2D eigenvalue weighted by atomic mass is 10.1. The monoisotopic (exact) mass is 450 g/mol. The fourth-order valence-corrected chi connectivity index (χ4v) is 5.50. The van der Waals surface area contributed by atoms with Gasteiger partial charge in [0.25, 0.3) is 0 Å². The summed E-state index contributed by atoms with van der Waals surface area (Å²) in [5.41, 5.74) is 2.09. The van der Waals surface area contributed by atoms with Crippen molar-refractivity contribution in [3.05, 3.63) is 90.5 Å². The van der Waals surface area contributed by atoms with Crippen LogP contribution in [-0.2, 0) is 14.8 Å². The molecule has 1 atom stereocenters. The number of likely N-dealkylation sites (N-methyl/N-ethyl adjacent to an activating group) is 1. The minimum absolute atomic E-state index is 0.236. The zero-order valence-electron chi connectivity index (χ0n) is 18.9. The highest BCUT2D eigenvalue weighted by Crippen LogP contribution is 2.32. The first-order chi connectivity index (χ1) is 15.3. The highest BCUT2D eigenvalue weighted by atomic mass is 32.2. The molecule has 0 bridgehead atoms. The molecule has 3 aromatic rings. The summed E-state index contributed by atoms with van der Waals surface area (Å²) < 4.78 is 29.0. The number of amides is 1. The molecule has 0 spiro atoms. The second kappa shape index (κ2) is 10.0. The Morgan fingerprint density at radius 2 is 1.59 bits per heavy atom. The van der Waals surface area contributed by atoms with E-state index in [1.165, 1.54) is 10.4 Å². The number of aryl methyl sites for hydroxylation is 1. The van der Waals surface area contributed by atoms with Gasteiger partial charge < -0.3 is 4.90 Å². The Morgan fingerprint density at radius 1 is 0.969 bits per heavy atom. The number of anilines is 1. The van der Waals surface area contributed by atoms with E-state index in [2.05, 4.69) is 6.58 Å². The molecule has 168 valence electrons. The molecule has 0 radical (unpaired) electrons. The first kappa shape index (κ1) is 23.5. The standard InChI is InChI=1S/C26H30N2O3S/c1-5-25(23-15-14-21-10-8-9-11-22(21)18-23)32(30,31)28(19-26(29)27(6-2)7-3)24-16-12-20(4)13-17-24/h5,8-18,25H,1,6-7,19H2,2-4H3. The quantitative estimate of drug-likeness (QED) is 0.427. The van der Waals surface area contributed by atoms with Crippen LogP contribution in [0.5, 0.6) is 0 Å². The Hall–Kier alpha value is -3.12. The Bertz CT molecular complexity index is 1200. The third-order valence-corrected chi connectivity index (χ3v) is 7.72. The van der Waals surface area contributed by atoms with E-state index in [-0.39, 0.29) is 12.5 Å². The number of carbonyl (C=O) groups is 1. The van der Waals surface area contributed by atoms with Crippen molar-refractivity contribution in [3.8, 4) is 0 Å². The lowest BCUT2D eigenvalue weighted by Crippen LogP contribution is -2.44. The summed E-state index contributed by atoms with van der Waals surface area (Å²) in [6.45, 7) is 10.3. The molecule has 0 aliphatic rings. The molecule has 1 amide bonds. The van der Waals surface area contributed by atoms with Gasteiger partial charge in [-0.2, -0.15) is 0 Å². The lowest BCUT2D eigenvalue weighted by Gasteiger charge is -2.30. The normalized spacial score (nSPS) is 12.3. The summed E-state index contributed by atoms with van der Waals surface area (Å²) in [6.07, 6.45) is 1.43. The van der Waals surface area contributed by atoms with Crippen molar-refractivity contribution < 1.29 is 13.2 Å². The van der Waals surface area contributed by atoms with Gasteiger partial charge in [-0.05, 0) is 55.3 Å². The van der Waals surface area contributed by atoms with Gasteiger partial charge in [0, 0.05) is 13.1 Å². The Morgan fingerprint density at radius 3 is 2.19 bits per heavy atom. The molecule has 0 N–H and O–H groups in total. The Labute approximate surface area is 191 Å². The number of hydrogen-bond donors (Lipinski definition) is 0. The van der Waals surface area contributed by atoms with Gasteiger partial charge in [0.15, 0.2) is 0 Å². The fourth-order valence-electron chi connectivity index (χ4n) is 3.79. The number of sulfonamides is 1. The van der Waals surface area contributed by atoms with Crippen LogP contribution in [0.4, 0.5) is 5.69 Å². The molecular weight excluding hydrogens is 420 g/mol. The largest absolute Gasteiger partial charge is 0.342 e. The van der Waals surface area contributed by atoms with E-state index < -0.39 is 15.3 Å². The van der Waals surface area contributed by atoms with Crippen molar-refractivity contribution >= 4 is 32.4 Å². The number of hydrogen-bond acceptors (Lipinski definition) is 3. The highest BCUT2D eigenvalue weighted by molar-refractivity contribution is 7.93. The van der Waals surface area contributed by atoms with E-state index in [0.717, 1.165) is 16.3 Å². The van der Waals surface area contributed by atoms with E-state index in [1.807, 2.05) is 75.4 Å². The molecule has 0 fully saturated rings. The fraction of sp³-hybridized carbons (Fsp3) is 0.269. The molecule has 5 nitrogen and oxygen atoms in total. The van der Waals surface area contributed by atoms with E-state index in [1.54, 1.807) is 17.0 Å². The summed E-state index contributed by atoms with van der Waals surface area (Å²) in [7, 11) is -3.98. The van der Waals surface area contributed by atoms with Crippen molar-refractivity contribution in [2.75, 3.05) is 23.9 Å². The van der Waals surface area contributed by atoms with Crippen molar-refractivity contribution in [2.45, 2.75) is 26.0 Å².